The largest absolute Gasteiger partial charge is 0.508 e. The number of rotatable bonds is 5. The van der Waals surface area contributed by atoms with E-state index in [0.29, 0.717) is 22.8 Å². The van der Waals surface area contributed by atoms with Gasteiger partial charge in [0.2, 0.25) is 6.79 Å². The minimum absolute atomic E-state index is 0.118. The van der Waals surface area contributed by atoms with E-state index in [1.54, 1.807) is 42.5 Å². The molecule has 3 aromatic rings. The fourth-order valence-electron chi connectivity index (χ4n) is 4.26. The summed E-state index contributed by atoms with van der Waals surface area (Å²) in [6.07, 6.45) is -0.720. The van der Waals surface area contributed by atoms with Crippen LogP contribution in [0.2, 0.25) is 0 Å². The first-order chi connectivity index (χ1) is 15.8. The smallest absolute Gasteiger partial charge is 0.253 e. The lowest BCUT2D eigenvalue weighted by Crippen LogP contribution is -2.52. The molecule has 0 radical (unpaired) electrons. The average Bonchev–Trinajstić information content (AvgIpc) is 3.25. The molecule has 2 aliphatic rings. The molecule has 0 fully saturated rings. The maximum Gasteiger partial charge on any atom is 0.253 e. The standard InChI is InChI=1S/C24H24N2O6S/c1-14-7-9-16(10-8-14)33(28,29)26-25-24-15(2)23(17-5-3-4-6-19(17)27)18-11-21-22(31-13-30-21)12-20(18)32-24/h3-12,15,23-27H,13H2,1-2H3. The number of hydrazine groups is 1. The van der Waals surface area contributed by atoms with Crippen LogP contribution in [0, 0.1) is 12.8 Å². The maximum absolute atomic E-state index is 12.8. The molecule has 3 unspecified atom stereocenters. The second-order valence-corrected chi connectivity index (χ2v) is 9.92. The highest BCUT2D eigenvalue weighted by atomic mass is 32.2. The van der Waals surface area contributed by atoms with Crippen LogP contribution in [0.4, 0.5) is 0 Å². The van der Waals surface area contributed by atoms with Gasteiger partial charge >= 0.3 is 0 Å². The first kappa shape index (κ1) is 21.6. The Morgan fingerprint density at radius 1 is 0.939 bits per heavy atom. The van der Waals surface area contributed by atoms with Crippen molar-refractivity contribution in [3.8, 4) is 23.0 Å². The number of phenolic OH excluding ortho intramolecular Hbond substituents is 1. The molecule has 0 saturated heterocycles. The Morgan fingerprint density at radius 3 is 2.36 bits per heavy atom. The predicted octanol–water partition coefficient (Wildman–Crippen LogP) is 3.40. The summed E-state index contributed by atoms with van der Waals surface area (Å²) in [5, 5.41) is 10.6. The van der Waals surface area contributed by atoms with Crippen LogP contribution in [0.1, 0.15) is 29.5 Å². The Balaban J connectivity index is 1.48. The van der Waals surface area contributed by atoms with Gasteiger partial charge in [0.05, 0.1) is 4.90 Å². The normalized spacial score (nSPS) is 21.3. The van der Waals surface area contributed by atoms with Crippen LogP contribution in [-0.4, -0.2) is 26.5 Å². The van der Waals surface area contributed by atoms with Crippen LogP contribution < -0.4 is 24.5 Å². The van der Waals surface area contributed by atoms with Gasteiger partial charge in [0.15, 0.2) is 17.7 Å². The summed E-state index contributed by atoms with van der Waals surface area (Å²) in [6.45, 7) is 3.94. The van der Waals surface area contributed by atoms with Gasteiger partial charge in [0, 0.05) is 29.0 Å². The van der Waals surface area contributed by atoms with E-state index in [2.05, 4.69) is 10.3 Å². The highest BCUT2D eigenvalue weighted by molar-refractivity contribution is 7.89. The van der Waals surface area contributed by atoms with Gasteiger partial charge in [-0.05, 0) is 31.2 Å². The summed E-state index contributed by atoms with van der Waals surface area (Å²) in [5.41, 5.74) is 5.34. The predicted molar refractivity (Wildman–Crippen MR) is 121 cm³/mol. The van der Waals surface area contributed by atoms with Gasteiger partial charge in [-0.15, -0.1) is 4.83 Å². The van der Waals surface area contributed by atoms with E-state index in [-0.39, 0.29) is 29.3 Å². The van der Waals surface area contributed by atoms with Crippen molar-refractivity contribution in [2.45, 2.75) is 30.9 Å². The third-order valence-corrected chi connectivity index (χ3v) is 7.32. The zero-order valence-corrected chi connectivity index (χ0v) is 18.9. The number of ether oxygens (including phenoxy) is 3. The van der Waals surface area contributed by atoms with E-state index < -0.39 is 16.3 Å². The fraction of sp³-hybridized carbons (Fsp3) is 0.250. The van der Waals surface area contributed by atoms with Crippen molar-refractivity contribution in [2.75, 3.05) is 6.79 Å². The van der Waals surface area contributed by atoms with Crippen molar-refractivity contribution < 1.29 is 27.7 Å². The number of aryl methyl sites for hydroxylation is 1. The van der Waals surface area contributed by atoms with E-state index in [0.717, 1.165) is 11.1 Å². The fourth-order valence-corrected chi connectivity index (χ4v) is 5.14. The molecule has 8 nitrogen and oxygen atoms in total. The molecule has 0 bridgehead atoms. The van der Waals surface area contributed by atoms with E-state index in [1.165, 1.54) is 0 Å². The molecule has 3 N–H and O–H groups in total. The zero-order chi connectivity index (χ0) is 23.2. The number of nitrogens with one attached hydrogen (secondary N) is 2. The molecule has 172 valence electrons. The maximum atomic E-state index is 12.8. The lowest BCUT2D eigenvalue weighted by Gasteiger charge is -2.38. The van der Waals surface area contributed by atoms with E-state index >= 15 is 0 Å². The molecular formula is C24H24N2O6S. The summed E-state index contributed by atoms with van der Waals surface area (Å²) in [6, 6.07) is 17.3. The van der Waals surface area contributed by atoms with Crippen LogP contribution in [0.15, 0.2) is 65.6 Å². The zero-order valence-electron chi connectivity index (χ0n) is 18.1. The first-order valence-electron chi connectivity index (χ1n) is 10.6. The van der Waals surface area contributed by atoms with Crippen LogP contribution in [0.25, 0.3) is 0 Å². The summed E-state index contributed by atoms with van der Waals surface area (Å²) < 4.78 is 42.8. The van der Waals surface area contributed by atoms with Crippen molar-refractivity contribution in [1.29, 1.82) is 0 Å². The Morgan fingerprint density at radius 2 is 1.64 bits per heavy atom. The Hall–Kier alpha value is -3.27. The third kappa shape index (κ3) is 3.99. The number of hydrogen-bond acceptors (Lipinski definition) is 7. The Labute approximate surface area is 192 Å². The molecule has 3 atom stereocenters. The summed E-state index contributed by atoms with van der Waals surface area (Å²) >= 11 is 0. The molecule has 5 rings (SSSR count). The molecule has 0 saturated carbocycles. The number of phenols is 1. The van der Waals surface area contributed by atoms with Gasteiger partial charge in [-0.25, -0.2) is 13.8 Å². The number of aromatic hydroxyl groups is 1. The summed E-state index contributed by atoms with van der Waals surface area (Å²) in [5.74, 6) is 1.30. The number of hydrogen-bond donors (Lipinski definition) is 3. The average molecular weight is 469 g/mol. The molecule has 33 heavy (non-hydrogen) atoms. The van der Waals surface area contributed by atoms with Crippen molar-refractivity contribution in [1.82, 2.24) is 10.3 Å². The second kappa shape index (κ2) is 8.26. The van der Waals surface area contributed by atoms with E-state index in [1.807, 2.05) is 32.0 Å². The lowest BCUT2D eigenvalue weighted by atomic mass is 9.78. The summed E-state index contributed by atoms with van der Waals surface area (Å²) in [4.78, 5) is 2.59. The Bertz CT molecular complexity index is 1290. The van der Waals surface area contributed by atoms with Gasteiger partial charge < -0.3 is 19.3 Å². The molecule has 9 heteroatoms. The lowest BCUT2D eigenvalue weighted by molar-refractivity contribution is 0.0733. The molecule has 2 aliphatic heterocycles. The van der Waals surface area contributed by atoms with Crippen LogP contribution in [0.3, 0.4) is 0 Å². The van der Waals surface area contributed by atoms with Gasteiger partial charge in [0.1, 0.15) is 11.5 Å². The van der Waals surface area contributed by atoms with Crippen LogP contribution >= 0.6 is 0 Å². The molecule has 0 amide bonds. The quantitative estimate of drug-likeness (QED) is 0.493. The highest BCUT2D eigenvalue weighted by Crippen LogP contribution is 2.50. The monoisotopic (exact) mass is 468 g/mol. The number of fused-ring (bicyclic) bond motifs is 2. The van der Waals surface area contributed by atoms with E-state index in [9.17, 15) is 13.5 Å². The minimum atomic E-state index is -3.81. The number of benzene rings is 3. The number of sulfonamides is 1. The second-order valence-electron chi connectivity index (χ2n) is 8.24. The third-order valence-electron chi connectivity index (χ3n) is 6.04. The highest BCUT2D eigenvalue weighted by Gasteiger charge is 2.39. The van der Waals surface area contributed by atoms with Crippen molar-refractivity contribution in [3.63, 3.8) is 0 Å². The first-order valence-corrected chi connectivity index (χ1v) is 12.0. The molecule has 0 spiro atoms. The molecule has 0 aromatic heterocycles. The number of para-hydroxylation sites is 1. The molecular weight excluding hydrogens is 444 g/mol. The van der Waals surface area contributed by atoms with E-state index in [4.69, 9.17) is 14.2 Å². The van der Waals surface area contributed by atoms with Gasteiger partial charge in [-0.1, -0.05) is 42.8 Å². The minimum Gasteiger partial charge on any atom is -0.508 e. The Kier molecular flexibility index (Phi) is 5.40. The van der Waals surface area contributed by atoms with Crippen molar-refractivity contribution in [3.05, 3.63) is 77.4 Å². The summed E-state index contributed by atoms with van der Waals surface area (Å²) in [7, 11) is -3.81. The molecule has 0 aliphatic carbocycles. The topological polar surface area (TPSA) is 106 Å². The molecule has 2 heterocycles. The van der Waals surface area contributed by atoms with Crippen LogP contribution in [-0.2, 0) is 10.0 Å². The van der Waals surface area contributed by atoms with Gasteiger partial charge in [0.25, 0.3) is 10.0 Å². The van der Waals surface area contributed by atoms with Gasteiger partial charge in [-0.3, -0.25) is 0 Å². The van der Waals surface area contributed by atoms with Crippen molar-refractivity contribution >= 4 is 10.0 Å². The van der Waals surface area contributed by atoms with Gasteiger partial charge in [-0.2, -0.15) is 0 Å². The SMILES string of the molecule is Cc1ccc(S(=O)(=O)NNC2Oc3cc4c(cc3C(c3ccccc3O)C2C)OCO4)cc1. The molecule has 3 aromatic carbocycles. The van der Waals surface area contributed by atoms with Crippen molar-refractivity contribution in [2.24, 2.45) is 5.92 Å². The van der Waals surface area contributed by atoms with Crippen LogP contribution in [0.5, 0.6) is 23.0 Å².